The Labute approximate surface area is 133 Å². The predicted octanol–water partition coefficient (Wildman–Crippen LogP) is 1.62. The van der Waals surface area contributed by atoms with Crippen molar-refractivity contribution in [1.82, 2.24) is 20.6 Å². The fourth-order valence-electron chi connectivity index (χ4n) is 2.00. The number of aromatic nitrogens is 2. The summed E-state index contributed by atoms with van der Waals surface area (Å²) in [5.74, 6) is 0.576. The van der Waals surface area contributed by atoms with Crippen molar-refractivity contribution >= 4 is 23.6 Å². The van der Waals surface area contributed by atoms with E-state index in [4.69, 9.17) is 0 Å². The van der Waals surface area contributed by atoms with Crippen LogP contribution in [0.25, 0.3) is 0 Å². The van der Waals surface area contributed by atoms with Gasteiger partial charge in [0.25, 0.3) is 11.8 Å². The van der Waals surface area contributed by atoms with E-state index in [0.29, 0.717) is 17.9 Å². The van der Waals surface area contributed by atoms with E-state index in [2.05, 4.69) is 20.6 Å². The maximum Gasteiger partial charge on any atom is 0.267 e. The maximum atomic E-state index is 12.1. The fourth-order valence-corrected chi connectivity index (χ4v) is 2.52. The third kappa shape index (κ3) is 4.70. The molecule has 6 nitrogen and oxygen atoms in total. The minimum Gasteiger partial charge on any atom is -0.357 e. The molecule has 0 spiro atoms. The summed E-state index contributed by atoms with van der Waals surface area (Å²) in [4.78, 5) is 29.8. The highest BCUT2D eigenvalue weighted by Gasteiger charge is 2.15. The minimum atomic E-state index is -0.173. The normalized spacial score (nSPS) is 11.9. The SMILES string of the molecule is CSCC[C@@H](CNC(=O)c1ccc[nH]1)NC(=O)c1ccc[nH]1. The summed E-state index contributed by atoms with van der Waals surface area (Å²) < 4.78 is 0. The van der Waals surface area contributed by atoms with Crippen LogP contribution in [0, 0.1) is 0 Å². The highest BCUT2D eigenvalue weighted by molar-refractivity contribution is 7.98. The van der Waals surface area contributed by atoms with E-state index in [-0.39, 0.29) is 17.9 Å². The van der Waals surface area contributed by atoms with Crippen molar-refractivity contribution in [3.8, 4) is 0 Å². The number of aromatic amines is 2. The lowest BCUT2D eigenvalue weighted by molar-refractivity contribution is 0.0903. The van der Waals surface area contributed by atoms with Gasteiger partial charge in [-0.3, -0.25) is 9.59 Å². The Kier molecular flexibility index (Phi) is 6.14. The van der Waals surface area contributed by atoms with Gasteiger partial charge in [-0.25, -0.2) is 0 Å². The van der Waals surface area contributed by atoms with E-state index in [1.807, 2.05) is 6.26 Å². The average Bonchev–Trinajstić information content (AvgIpc) is 3.22. The second-order valence-corrected chi connectivity index (χ2v) is 5.82. The molecule has 7 heteroatoms. The molecule has 0 saturated heterocycles. The van der Waals surface area contributed by atoms with Crippen LogP contribution >= 0.6 is 11.8 Å². The molecule has 0 radical (unpaired) electrons. The maximum absolute atomic E-state index is 12.1. The summed E-state index contributed by atoms with van der Waals surface area (Å²) in [7, 11) is 0. The Morgan fingerprint density at radius 3 is 2.32 bits per heavy atom. The summed E-state index contributed by atoms with van der Waals surface area (Å²) in [6, 6.07) is 6.87. The van der Waals surface area contributed by atoms with E-state index in [1.165, 1.54) is 0 Å². The van der Waals surface area contributed by atoms with Gasteiger partial charge in [0.1, 0.15) is 11.4 Å². The number of rotatable bonds is 8. The topological polar surface area (TPSA) is 89.8 Å². The number of hydrogen-bond donors (Lipinski definition) is 4. The van der Waals surface area contributed by atoms with Crippen LogP contribution < -0.4 is 10.6 Å². The van der Waals surface area contributed by atoms with Crippen molar-refractivity contribution in [2.45, 2.75) is 12.5 Å². The lowest BCUT2D eigenvalue weighted by Gasteiger charge is -2.18. The number of thioether (sulfide) groups is 1. The Morgan fingerprint density at radius 1 is 1.14 bits per heavy atom. The van der Waals surface area contributed by atoms with E-state index in [9.17, 15) is 9.59 Å². The van der Waals surface area contributed by atoms with Crippen LogP contribution in [0.15, 0.2) is 36.7 Å². The number of nitrogens with one attached hydrogen (secondary N) is 4. The molecule has 0 unspecified atom stereocenters. The summed E-state index contributed by atoms with van der Waals surface area (Å²) in [5, 5.41) is 5.79. The van der Waals surface area contributed by atoms with Gasteiger partial charge in [0, 0.05) is 25.0 Å². The zero-order chi connectivity index (χ0) is 15.8. The Bertz CT molecular complexity index is 581. The molecule has 0 bridgehead atoms. The van der Waals surface area contributed by atoms with Crippen LogP contribution in [-0.2, 0) is 0 Å². The number of H-pyrrole nitrogens is 2. The van der Waals surface area contributed by atoms with Gasteiger partial charge in [-0.1, -0.05) is 0 Å². The lowest BCUT2D eigenvalue weighted by atomic mass is 10.2. The molecule has 2 rings (SSSR count). The number of carbonyl (C=O) groups is 2. The second-order valence-electron chi connectivity index (χ2n) is 4.83. The van der Waals surface area contributed by atoms with Crippen LogP contribution in [0.2, 0.25) is 0 Å². The first kappa shape index (κ1) is 16.2. The van der Waals surface area contributed by atoms with Crippen molar-refractivity contribution in [1.29, 1.82) is 0 Å². The van der Waals surface area contributed by atoms with E-state index < -0.39 is 0 Å². The summed E-state index contributed by atoms with van der Waals surface area (Å²) >= 11 is 1.71. The molecule has 4 N–H and O–H groups in total. The van der Waals surface area contributed by atoms with Crippen LogP contribution in [0.1, 0.15) is 27.4 Å². The molecule has 22 heavy (non-hydrogen) atoms. The third-order valence-electron chi connectivity index (χ3n) is 3.20. The largest absolute Gasteiger partial charge is 0.357 e. The highest BCUT2D eigenvalue weighted by Crippen LogP contribution is 2.03. The van der Waals surface area contributed by atoms with Crippen molar-refractivity contribution < 1.29 is 9.59 Å². The molecule has 0 saturated carbocycles. The van der Waals surface area contributed by atoms with Crippen molar-refractivity contribution in [2.24, 2.45) is 0 Å². The van der Waals surface area contributed by atoms with Gasteiger partial charge in [-0.15, -0.1) is 0 Å². The minimum absolute atomic E-state index is 0.109. The quantitative estimate of drug-likeness (QED) is 0.596. The van der Waals surface area contributed by atoms with Crippen LogP contribution in [-0.4, -0.2) is 46.4 Å². The first-order valence-electron chi connectivity index (χ1n) is 7.05. The smallest absolute Gasteiger partial charge is 0.267 e. The monoisotopic (exact) mass is 320 g/mol. The molecule has 0 aliphatic heterocycles. The zero-order valence-electron chi connectivity index (χ0n) is 12.4. The van der Waals surface area contributed by atoms with Gasteiger partial charge >= 0.3 is 0 Å². The lowest BCUT2D eigenvalue weighted by Crippen LogP contribution is -2.44. The molecule has 2 amide bonds. The molecule has 0 aliphatic carbocycles. The van der Waals surface area contributed by atoms with Gasteiger partial charge in [0.05, 0.1) is 0 Å². The highest BCUT2D eigenvalue weighted by atomic mass is 32.2. The van der Waals surface area contributed by atoms with Gasteiger partial charge in [-0.2, -0.15) is 11.8 Å². The number of hydrogen-bond acceptors (Lipinski definition) is 3. The molecule has 0 aliphatic rings. The summed E-state index contributed by atoms with van der Waals surface area (Å²) in [5.41, 5.74) is 1.03. The number of carbonyl (C=O) groups excluding carboxylic acids is 2. The standard InChI is InChI=1S/C15H20N4O2S/c1-22-9-6-11(19-15(21)13-5-3-8-17-13)10-18-14(20)12-4-2-7-16-12/h2-5,7-8,11,16-17H,6,9-10H2,1H3,(H,18,20)(H,19,21)/t11-/m0/s1. The van der Waals surface area contributed by atoms with Crippen molar-refractivity contribution in [2.75, 3.05) is 18.6 Å². The molecule has 118 valence electrons. The molecule has 0 aromatic carbocycles. The van der Waals surface area contributed by atoms with Gasteiger partial charge < -0.3 is 20.6 Å². The fraction of sp³-hybridized carbons (Fsp3) is 0.333. The van der Waals surface area contributed by atoms with Crippen molar-refractivity contribution in [3.63, 3.8) is 0 Å². The van der Waals surface area contributed by atoms with Crippen LogP contribution in [0.3, 0.4) is 0 Å². The predicted molar refractivity (Wildman–Crippen MR) is 88.2 cm³/mol. The summed E-state index contributed by atoms with van der Waals surface area (Å²) in [6.45, 7) is 0.394. The molecule has 2 aromatic rings. The molecule has 2 heterocycles. The first-order chi connectivity index (χ1) is 10.7. The molecular weight excluding hydrogens is 300 g/mol. The summed E-state index contributed by atoms with van der Waals surface area (Å²) in [6.07, 6.45) is 6.21. The zero-order valence-corrected chi connectivity index (χ0v) is 13.2. The molecule has 0 fully saturated rings. The van der Waals surface area contributed by atoms with Gasteiger partial charge in [0.15, 0.2) is 0 Å². The van der Waals surface area contributed by atoms with Gasteiger partial charge in [-0.05, 0) is 42.7 Å². The molecular formula is C15H20N4O2S. The van der Waals surface area contributed by atoms with Crippen LogP contribution in [0.5, 0.6) is 0 Å². The number of amides is 2. The molecule has 1 atom stereocenters. The second kappa shape index (κ2) is 8.33. The van der Waals surface area contributed by atoms with Crippen molar-refractivity contribution in [3.05, 3.63) is 48.0 Å². The Morgan fingerprint density at radius 2 is 1.77 bits per heavy atom. The Balaban J connectivity index is 1.88. The van der Waals surface area contributed by atoms with Crippen LogP contribution in [0.4, 0.5) is 0 Å². The third-order valence-corrected chi connectivity index (χ3v) is 3.84. The van der Waals surface area contributed by atoms with E-state index >= 15 is 0 Å². The van der Waals surface area contributed by atoms with Gasteiger partial charge in [0.2, 0.25) is 0 Å². The molecule has 2 aromatic heterocycles. The Hall–Kier alpha value is -2.15. The average molecular weight is 320 g/mol. The van der Waals surface area contributed by atoms with E-state index in [1.54, 1.807) is 48.4 Å². The first-order valence-corrected chi connectivity index (χ1v) is 8.45. The van der Waals surface area contributed by atoms with E-state index in [0.717, 1.165) is 12.2 Å².